The maximum atomic E-state index is 11.8. The predicted molar refractivity (Wildman–Crippen MR) is 87.7 cm³/mol. The molecule has 5 nitrogen and oxygen atoms in total. The van der Waals surface area contributed by atoms with Gasteiger partial charge in [-0.1, -0.05) is 19.9 Å². The van der Waals surface area contributed by atoms with Crippen molar-refractivity contribution in [2.45, 2.75) is 27.2 Å². The monoisotopic (exact) mass is 293 g/mol. The van der Waals surface area contributed by atoms with Crippen molar-refractivity contribution in [2.75, 3.05) is 43.8 Å². The molecule has 0 saturated carbocycles. The smallest absolute Gasteiger partial charge is 0.340 e. The van der Waals surface area contributed by atoms with E-state index in [-0.39, 0.29) is 5.97 Å². The maximum absolute atomic E-state index is 11.8. The summed E-state index contributed by atoms with van der Waals surface area (Å²) < 4.78 is 5.00. The number of hydrogen-bond donors (Lipinski definition) is 2. The molecule has 0 atom stereocenters. The van der Waals surface area contributed by atoms with Crippen LogP contribution in [0.1, 0.15) is 37.6 Å². The van der Waals surface area contributed by atoms with E-state index in [2.05, 4.69) is 24.1 Å². The number of nitrogens with two attached hydrogens (primary N) is 1. The highest BCUT2D eigenvalue weighted by Gasteiger charge is 2.13. The van der Waals surface area contributed by atoms with Crippen LogP contribution in [0.4, 0.5) is 11.4 Å². The van der Waals surface area contributed by atoms with E-state index in [0.29, 0.717) is 17.9 Å². The molecule has 0 aromatic heterocycles. The van der Waals surface area contributed by atoms with Gasteiger partial charge in [0, 0.05) is 13.1 Å². The molecule has 118 valence electrons. The first kappa shape index (κ1) is 17.3. The summed E-state index contributed by atoms with van der Waals surface area (Å²) in [4.78, 5) is 14.2. The van der Waals surface area contributed by atoms with E-state index in [1.165, 1.54) is 0 Å². The van der Waals surface area contributed by atoms with Crippen LogP contribution in [0.3, 0.4) is 0 Å². The predicted octanol–water partition coefficient (Wildman–Crippen LogP) is 2.59. The van der Waals surface area contributed by atoms with Crippen LogP contribution in [0.15, 0.2) is 18.2 Å². The van der Waals surface area contributed by atoms with Crippen LogP contribution in [-0.4, -0.2) is 43.7 Å². The van der Waals surface area contributed by atoms with Gasteiger partial charge in [-0.3, -0.25) is 0 Å². The van der Waals surface area contributed by atoms with Crippen molar-refractivity contribution in [1.29, 1.82) is 0 Å². The topological polar surface area (TPSA) is 67.6 Å². The summed E-state index contributed by atoms with van der Waals surface area (Å²) >= 11 is 0. The number of carbonyl (C=O) groups excluding carboxylic acids is 1. The van der Waals surface area contributed by atoms with E-state index in [1.54, 1.807) is 13.0 Å². The van der Waals surface area contributed by atoms with Gasteiger partial charge in [-0.25, -0.2) is 4.79 Å². The molecule has 3 N–H and O–H groups in total. The lowest BCUT2D eigenvalue weighted by atomic mass is 10.1. The summed E-state index contributed by atoms with van der Waals surface area (Å²) in [6.07, 6.45) is 1.15. The minimum Gasteiger partial charge on any atom is -0.462 e. The summed E-state index contributed by atoms with van der Waals surface area (Å²) in [5, 5.41) is 3.30. The molecule has 1 aromatic rings. The van der Waals surface area contributed by atoms with Gasteiger partial charge >= 0.3 is 5.97 Å². The first-order valence-electron chi connectivity index (χ1n) is 7.65. The van der Waals surface area contributed by atoms with Crippen molar-refractivity contribution in [3.63, 3.8) is 0 Å². The number of para-hydroxylation sites is 1. The average Bonchev–Trinajstić information content (AvgIpc) is 2.48. The van der Waals surface area contributed by atoms with Crippen LogP contribution in [-0.2, 0) is 4.74 Å². The van der Waals surface area contributed by atoms with Crippen LogP contribution in [0.25, 0.3) is 0 Å². The molecule has 1 aromatic carbocycles. The zero-order chi connectivity index (χ0) is 15.7. The summed E-state index contributed by atoms with van der Waals surface area (Å²) in [5.74, 6) is -0.375. The number of carbonyl (C=O) groups is 1. The number of ether oxygens (including phenoxy) is 1. The van der Waals surface area contributed by atoms with Crippen molar-refractivity contribution >= 4 is 17.3 Å². The highest BCUT2D eigenvalue weighted by atomic mass is 16.5. The van der Waals surface area contributed by atoms with E-state index in [4.69, 9.17) is 10.5 Å². The molecule has 5 heteroatoms. The lowest BCUT2D eigenvalue weighted by Gasteiger charge is -2.20. The SMILES string of the molecule is CCCN(CC)CCNc1cccc(C(=O)OCC)c1N. The van der Waals surface area contributed by atoms with Crippen LogP contribution in [0.2, 0.25) is 0 Å². The molecule has 1 rings (SSSR count). The Morgan fingerprint density at radius 2 is 2.05 bits per heavy atom. The minimum atomic E-state index is -0.375. The Labute approximate surface area is 127 Å². The Balaban J connectivity index is 2.63. The second kappa shape index (κ2) is 9.23. The second-order valence-electron chi connectivity index (χ2n) is 4.85. The van der Waals surface area contributed by atoms with Crippen LogP contribution in [0, 0.1) is 0 Å². The summed E-state index contributed by atoms with van der Waals surface area (Å²) in [7, 11) is 0. The van der Waals surface area contributed by atoms with E-state index in [1.807, 2.05) is 12.1 Å². The Kier molecular flexibility index (Phi) is 7.61. The van der Waals surface area contributed by atoms with Gasteiger partial charge in [-0.2, -0.15) is 0 Å². The Morgan fingerprint density at radius 3 is 2.67 bits per heavy atom. The summed E-state index contributed by atoms with van der Waals surface area (Å²) in [5.41, 5.74) is 7.70. The molecule has 0 bridgehead atoms. The fourth-order valence-electron chi connectivity index (χ4n) is 2.20. The lowest BCUT2D eigenvalue weighted by molar-refractivity contribution is 0.0527. The molecule has 0 aliphatic heterocycles. The largest absolute Gasteiger partial charge is 0.462 e. The highest BCUT2D eigenvalue weighted by Crippen LogP contribution is 2.23. The Hall–Kier alpha value is -1.75. The molecule has 0 aliphatic rings. The van der Waals surface area contributed by atoms with E-state index >= 15 is 0 Å². The van der Waals surface area contributed by atoms with Crippen molar-refractivity contribution < 1.29 is 9.53 Å². The number of nitrogens with zero attached hydrogens (tertiary/aromatic N) is 1. The summed E-state index contributed by atoms with van der Waals surface area (Å²) in [6.45, 7) is 10.3. The van der Waals surface area contributed by atoms with Gasteiger partial charge < -0.3 is 20.7 Å². The van der Waals surface area contributed by atoms with E-state index in [9.17, 15) is 4.79 Å². The van der Waals surface area contributed by atoms with Gasteiger partial charge in [0.15, 0.2) is 0 Å². The number of likely N-dealkylation sites (N-methyl/N-ethyl adjacent to an activating group) is 1. The molecule has 0 radical (unpaired) electrons. The van der Waals surface area contributed by atoms with E-state index in [0.717, 1.165) is 38.3 Å². The first-order valence-corrected chi connectivity index (χ1v) is 7.65. The van der Waals surface area contributed by atoms with Crippen molar-refractivity contribution in [3.8, 4) is 0 Å². The third kappa shape index (κ3) is 5.27. The molecule has 21 heavy (non-hydrogen) atoms. The number of hydrogen-bond acceptors (Lipinski definition) is 5. The van der Waals surface area contributed by atoms with Gasteiger partial charge in [-0.05, 0) is 38.6 Å². The molecular formula is C16H27N3O2. The molecule has 0 saturated heterocycles. The molecule has 0 amide bonds. The number of rotatable bonds is 9. The Bertz CT molecular complexity index is 449. The highest BCUT2D eigenvalue weighted by molar-refractivity contribution is 5.98. The maximum Gasteiger partial charge on any atom is 0.340 e. The van der Waals surface area contributed by atoms with Crippen molar-refractivity contribution in [3.05, 3.63) is 23.8 Å². The number of benzene rings is 1. The molecule has 0 heterocycles. The Morgan fingerprint density at radius 1 is 1.29 bits per heavy atom. The van der Waals surface area contributed by atoms with Gasteiger partial charge in [0.05, 0.1) is 23.5 Å². The van der Waals surface area contributed by atoms with Crippen LogP contribution in [0.5, 0.6) is 0 Å². The van der Waals surface area contributed by atoms with Gasteiger partial charge in [0.25, 0.3) is 0 Å². The molecule has 0 unspecified atom stereocenters. The zero-order valence-electron chi connectivity index (χ0n) is 13.3. The zero-order valence-corrected chi connectivity index (χ0v) is 13.3. The number of anilines is 2. The fourth-order valence-corrected chi connectivity index (χ4v) is 2.20. The van der Waals surface area contributed by atoms with Gasteiger partial charge in [-0.15, -0.1) is 0 Å². The molecular weight excluding hydrogens is 266 g/mol. The van der Waals surface area contributed by atoms with Crippen molar-refractivity contribution in [1.82, 2.24) is 4.90 Å². The third-order valence-corrected chi connectivity index (χ3v) is 3.33. The lowest BCUT2D eigenvalue weighted by Crippen LogP contribution is -2.29. The minimum absolute atomic E-state index is 0.346. The van der Waals surface area contributed by atoms with Crippen LogP contribution >= 0.6 is 0 Å². The standard InChI is InChI=1S/C16H27N3O2/c1-4-11-19(5-2)12-10-18-14-9-7-8-13(15(14)17)16(20)21-6-3/h7-9,18H,4-6,10-12,17H2,1-3H3. The fraction of sp³-hybridized carbons (Fsp3) is 0.562. The molecule has 0 aliphatic carbocycles. The van der Waals surface area contributed by atoms with Crippen LogP contribution < -0.4 is 11.1 Å². The molecule has 0 fully saturated rings. The quantitative estimate of drug-likeness (QED) is 0.541. The van der Waals surface area contributed by atoms with E-state index < -0.39 is 0 Å². The summed E-state index contributed by atoms with van der Waals surface area (Å²) in [6, 6.07) is 5.39. The molecule has 0 spiro atoms. The average molecular weight is 293 g/mol. The third-order valence-electron chi connectivity index (χ3n) is 3.33. The second-order valence-corrected chi connectivity index (χ2v) is 4.85. The van der Waals surface area contributed by atoms with Gasteiger partial charge in [0.1, 0.15) is 0 Å². The number of nitrogen functional groups attached to an aromatic ring is 1. The van der Waals surface area contributed by atoms with Crippen molar-refractivity contribution in [2.24, 2.45) is 0 Å². The normalized spacial score (nSPS) is 10.7. The first-order chi connectivity index (χ1) is 10.1. The number of esters is 1. The van der Waals surface area contributed by atoms with Gasteiger partial charge in [0.2, 0.25) is 0 Å². The number of nitrogens with one attached hydrogen (secondary N) is 1.